The Balaban J connectivity index is 1.88. The van der Waals surface area contributed by atoms with Crippen LogP contribution in [0.5, 0.6) is 0 Å². The first-order chi connectivity index (χ1) is 9.94. The van der Waals surface area contributed by atoms with E-state index in [1.165, 1.54) is 6.92 Å². The summed E-state index contributed by atoms with van der Waals surface area (Å²) >= 11 is 0. The molecule has 0 spiro atoms. The predicted octanol–water partition coefficient (Wildman–Crippen LogP) is 1.51. The highest BCUT2D eigenvalue weighted by molar-refractivity contribution is 5.96. The van der Waals surface area contributed by atoms with Crippen molar-refractivity contribution in [3.05, 3.63) is 29.8 Å². The number of ketones is 1. The van der Waals surface area contributed by atoms with Crippen molar-refractivity contribution in [2.75, 3.05) is 25.0 Å². The molecule has 5 heteroatoms. The van der Waals surface area contributed by atoms with Crippen LogP contribution in [0.4, 0.5) is 5.69 Å². The maximum Gasteiger partial charge on any atom is 0.238 e. The standard InChI is InChI=1S/C16H23N3O2/c1-11-8-19(9-12(2)17-11)10-16(21)18-15-6-4-14(5-7-15)13(3)20/h4-7,11-12,17H,8-10H2,1-3H3,(H,18,21). The third-order valence-corrected chi connectivity index (χ3v) is 3.58. The third kappa shape index (κ3) is 4.65. The first-order valence-electron chi connectivity index (χ1n) is 7.33. The van der Waals surface area contributed by atoms with Gasteiger partial charge in [0.15, 0.2) is 5.78 Å². The van der Waals surface area contributed by atoms with Crippen molar-refractivity contribution in [3.63, 3.8) is 0 Å². The van der Waals surface area contributed by atoms with Crippen molar-refractivity contribution in [1.29, 1.82) is 0 Å². The van der Waals surface area contributed by atoms with E-state index in [9.17, 15) is 9.59 Å². The largest absolute Gasteiger partial charge is 0.325 e. The summed E-state index contributed by atoms with van der Waals surface area (Å²) in [6, 6.07) is 7.78. The molecule has 1 heterocycles. The van der Waals surface area contributed by atoms with Crippen molar-refractivity contribution < 1.29 is 9.59 Å². The Morgan fingerprint density at radius 3 is 2.29 bits per heavy atom. The van der Waals surface area contributed by atoms with E-state index in [0.29, 0.717) is 24.2 Å². The van der Waals surface area contributed by atoms with Crippen LogP contribution in [0.25, 0.3) is 0 Å². The number of benzene rings is 1. The molecule has 21 heavy (non-hydrogen) atoms. The van der Waals surface area contributed by atoms with Crippen molar-refractivity contribution >= 4 is 17.4 Å². The van der Waals surface area contributed by atoms with Gasteiger partial charge in [-0.3, -0.25) is 14.5 Å². The van der Waals surface area contributed by atoms with E-state index in [1.807, 2.05) is 0 Å². The second-order valence-electron chi connectivity index (χ2n) is 5.84. The highest BCUT2D eigenvalue weighted by Crippen LogP contribution is 2.10. The summed E-state index contributed by atoms with van der Waals surface area (Å²) in [7, 11) is 0. The molecule has 1 aliphatic heterocycles. The average molecular weight is 289 g/mol. The third-order valence-electron chi connectivity index (χ3n) is 3.58. The summed E-state index contributed by atoms with van der Waals surface area (Å²) in [6.45, 7) is 7.93. The zero-order chi connectivity index (χ0) is 15.4. The zero-order valence-electron chi connectivity index (χ0n) is 12.8. The fourth-order valence-corrected chi connectivity index (χ4v) is 2.76. The van der Waals surface area contributed by atoms with Crippen molar-refractivity contribution in [2.45, 2.75) is 32.9 Å². The lowest BCUT2D eigenvalue weighted by Crippen LogP contribution is -2.55. The molecule has 5 nitrogen and oxygen atoms in total. The average Bonchev–Trinajstić information content (AvgIpc) is 2.37. The normalized spacial score (nSPS) is 22.8. The van der Waals surface area contributed by atoms with Crippen LogP contribution in [0.2, 0.25) is 0 Å². The van der Waals surface area contributed by atoms with Crippen LogP contribution in [0.1, 0.15) is 31.1 Å². The van der Waals surface area contributed by atoms with Crippen LogP contribution in [0.3, 0.4) is 0 Å². The SMILES string of the molecule is CC(=O)c1ccc(NC(=O)CN2CC(C)NC(C)C2)cc1. The molecule has 1 fully saturated rings. The fourth-order valence-electron chi connectivity index (χ4n) is 2.76. The Morgan fingerprint density at radius 1 is 1.19 bits per heavy atom. The van der Waals surface area contributed by atoms with Gasteiger partial charge in [0.05, 0.1) is 6.54 Å². The molecule has 1 aliphatic rings. The van der Waals surface area contributed by atoms with Crippen molar-refractivity contribution in [2.24, 2.45) is 0 Å². The van der Waals surface area contributed by atoms with Crippen LogP contribution in [-0.4, -0.2) is 48.3 Å². The summed E-state index contributed by atoms with van der Waals surface area (Å²) in [5.41, 5.74) is 1.37. The van der Waals surface area contributed by atoms with E-state index in [-0.39, 0.29) is 11.7 Å². The van der Waals surface area contributed by atoms with Crippen LogP contribution < -0.4 is 10.6 Å². The Hall–Kier alpha value is -1.72. The van der Waals surface area contributed by atoms with Gasteiger partial charge in [-0.2, -0.15) is 0 Å². The van der Waals surface area contributed by atoms with E-state index in [4.69, 9.17) is 0 Å². The molecule has 0 radical (unpaired) electrons. The monoisotopic (exact) mass is 289 g/mol. The van der Waals surface area contributed by atoms with Crippen molar-refractivity contribution in [3.8, 4) is 0 Å². The molecule has 2 rings (SSSR count). The quantitative estimate of drug-likeness (QED) is 0.825. The van der Waals surface area contributed by atoms with Gasteiger partial charge in [0.25, 0.3) is 0 Å². The zero-order valence-corrected chi connectivity index (χ0v) is 12.8. The molecular formula is C16H23N3O2. The van der Waals surface area contributed by atoms with E-state index in [1.54, 1.807) is 24.3 Å². The maximum absolute atomic E-state index is 12.1. The Labute approximate surface area is 125 Å². The second-order valence-corrected chi connectivity index (χ2v) is 5.84. The molecule has 2 atom stereocenters. The van der Waals surface area contributed by atoms with Crippen molar-refractivity contribution in [1.82, 2.24) is 10.2 Å². The molecule has 1 saturated heterocycles. The number of nitrogens with one attached hydrogen (secondary N) is 2. The summed E-state index contributed by atoms with van der Waals surface area (Å²) in [5, 5.41) is 6.32. The molecule has 0 saturated carbocycles. The van der Waals surface area contributed by atoms with Gasteiger partial charge < -0.3 is 10.6 Å². The van der Waals surface area contributed by atoms with Gasteiger partial charge in [-0.05, 0) is 45.0 Å². The summed E-state index contributed by atoms with van der Waals surface area (Å²) < 4.78 is 0. The van der Waals surface area contributed by atoms with Gasteiger partial charge in [-0.25, -0.2) is 0 Å². The first-order valence-corrected chi connectivity index (χ1v) is 7.33. The number of anilines is 1. The van der Waals surface area contributed by atoms with Gasteiger partial charge in [0.2, 0.25) is 5.91 Å². The van der Waals surface area contributed by atoms with E-state index >= 15 is 0 Å². The molecule has 0 bridgehead atoms. The molecule has 0 aliphatic carbocycles. The number of carbonyl (C=O) groups is 2. The van der Waals surface area contributed by atoms with E-state index in [2.05, 4.69) is 29.4 Å². The maximum atomic E-state index is 12.1. The molecule has 0 aromatic heterocycles. The van der Waals surface area contributed by atoms with Crippen LogP contribution in [0.15, 0.2) is 24.3 Å². The number of hydrogen-bond donors (Lipinski definition) is 2. The van der Waals surface area contributed by atoms with Gasteiger partial charge in [-0.1, -0.05) is 0 Å². The molecule has 1 amide bonds. The first kappa shape index (κ1) is 15.7. The minimum atomic E-state index is -0.0214. The Kier molecular flexibility index (Phi) is 5.09. The Morgan fingerprint density at radius 2 is 1.76 bits per heavy atom. The topological polar surface area (TPSA) is 61.4 Å². The smallest absolute Gasteiger partial charge is 0.238 e. The highest BCUT2D eigenvalue weighted by Gasteiger charge is 2.22. The fraction of sp³-hybridized carbons (Fsp3) is 0.500. The Bertz CT molecular complexity index is 503. The number of carbonyl (C=O) groups excluding carboxylic acids is 2. The van der Waals surface area contributed by atoms with Crippen LogP contribution in [0, 0.1) is 0 Å². The molecular weight excluding hydrogens is 266 g/mol. The van der Waals surface area contributed by atoms with Crippen LogP contribution in [-0.2, 0) is 4.79 Å². The molecule has 1 aromatic rings. The van der Waals surface area contributed by atoms with Gasteiger partial charge in [0, 0.05) is 36.4 Å². The predicted molar refractivity (Wildman–Crippen MR) is 83.6 cm³/mol. The molecule has 2 unspecified atom stereocenters. The minimum absolute atomic E-state index is 0.0214. The number of amides is 1. The lowest BCUT2D eigenvalue weighted by atomic mass is 10.1. The van der Waals surface area contributed by atoms with Gasteiger partial charge >= 0.3 is 0 Å². The number of Topliss-reactive ketones (excluding diaryl/α,β-unsaturated/α-hetero) is 1. The van der Waals surface area contributed by atoms with Gasteiger partial charge in [-0.15, -0.1) is 0 Å². The lowest BCUT2D eigenvalue weighted by molar-refractivity contribution is -0.117. The summed E-state index contributed by atoms with van der Waals surface area (Å²) in [5.74, 6) is 0.00328. The molecule has 1 aromatic carbocycles. The van der Waals surface area contributed by atoms with E-state index in [0.717, 1.165) is 18.8 Å². The number of hydrogen-bond acceptors (Lipinski definition) is 4. The second kappa shape index (κ2) is 6.83. The molecule has 2 N–H and O–H groups in total. The minimum Gasteiger partial charge on any atom is -0.325 e. The summed E-state index contributed by atoms with van der Waals surface area (Å²) in [6.07, 6.45) is 0. The molecule has 114 valence electrons. The number of rotatable bonds is 4. The number of piperazine rings is 1. The number of nitrogens with zero attached hydrogens (tertiary/aromatic N) is 1. The van der Waals surface area contributed by atoms with Crippen LogP contribution >= 0.6 is 0 Å². The summed E-state index contributed by atoms with van der Waals surface area (Å²) in [4.78, 5) is 25.4. The highest BCUT2D eigenvalue weighted by atomic mass is 16.2. The van der Waals surface area contributed by atoms with Gasteiger partial charge in [0.1, 0.15) is 0 Å². The van der Waals surface area contributed by atoms with E-state index < -0.39 is 0 Å². The lowest BCUT2D eigenvalue weighted by Gasteiger charge is -2.35.